The molecule has 1 aromatic carbocycles. The number of nitro benzene ring substituents is 1. The van der Waals surface area contributed by atoms with Gasteiger partial charge in [0.25, 0.3) is 32.5 Å². The first kappa shape index (κ1) is 73.5. The van der Waals surface area contributed by atoms with Crippen molar-refractivity contribution in [2.24, 2.45) is 0 Å². The number of aryl methyl sites for hydroxylation is 3. The highest BCUT2D eigenvalue weighted by atomic mass is 32.2. The summed E-state index contributed by atoms with van der Waals surface area (Å²) in [5.74, 6) is 0. The number of hydrogen-bond acceptors (Lipinski definition) is 25. The van der Waals surface area contributed by atoms with Gasteiger partial charge >= 0.3 is 41.6 Å². The molecule has 35 heteroatoms. The maximum absolute atomic E-state index is 14.5. The number of halogens is 2. The summed E-state index contributed by atoms with van der Waals surface area (Å²) in [5, 5.41) is 19.8. The molecule has 9 atom stereocenters. The van der Waals surface area contributed by atoms with E-state index in [0.29, 0.717) is 10.1 Å². The SMILES string of the molecule is Cc1cn([C@H]2C[C@@H](OS(=O)(=O)c3ccc([N+](=O)[O-])cc3)[C@@H](COC(=O)OC(C)(C)C)O2)c(=O)n(C(=O)OC(C)(C)C)c1=O.Cc1cn([C@H]2C[C@H]([18F])[C@@H](CO)O2)c(=O)[nH]c1=O.Cc1cn([C@H]2C[C@H]([18F])[C@@H](COC(=O)OC(C)(C)C)O2)c(=O)n(C(=O)OC(C)(C)C)c1=O. The lowest BCUT2D eigenvalue weighted by Gasteiger charge is -2.22. The van der Waals surface area contributed by atoms with Crippen molar-refractivity contribution < 1.29 is 93.2 Å². The van der Waals surface area contributed by atoms with Crippen molar-refractivity contribution >= 4 is 40.3 Å². The van der Waals surface area contributed by atoms with Crippen molar-refractivity contribution in [1.29, 1.82) is 0 Å². The van der Waals surface area contributed by atoms with Crippen LogP contribution in [0.3, 0.4) is 0 Å². The second-order valence-corrected chi connectivity index (χ2v) is 26.5. The Morgan fingerprint density at radius 2 is 0.989 bits per heavy atom. The first-order valence-electron chi connectivity index (χ1n) is 28.0. The lowest BCUT2D eigenvalue weighted by Crippen LogP contribution is -2.47. The van der Waals surface area contributed by atoms with Gasteiger partial charge in [-0.05, 0) is 116 Å². The summed E-state index contributed by atoms with van der Waals surface area (Å²) in [5.41, 5.74) is -8.62. The summed E-state index contributed by atoms with van der Waals surface area (Å²) in [6.45, 7) is 22.1. The van der Waals surface area contributed by atoms with E-state index in [4.69, 9.17) is 51.9 Å². The number of nitrogens with zero attached hydrogens (tertiary/aromatic N) is 6. The van der Waals surface area contributed by atoms with Gasteiger partial charge in [0, 0.05) is 66.7 Å². The number of aromatic amines is 1. The quantitative estimate of drug-likeness (QED) is 0.0607. The van der Waals surface area contributed by atoms with E-state index in [-0.39, 0.29) is 40.6 Å². The monoisotopic (exact) mass is 1310 g/mol. The molecule has 0 saturated carbocycles. The molecule has 6 heterocycles. The highest BCUT2D eigenvalue weighted by Crippen LogP contribution is 2.34. The van der Waals surface area contributed by atoms with Gasteiger partial charge < -0.3 is 47.7 Å². The summed E-state index contributed by atoms with van der Waals surface area (Å²) in [7, 11) is -4.55. The Labute approximate surface area is 517 Å². The van der Waals surface area contributed by atoms with Crippen LogP contribution in [0.5, 0.6) is 0 Å². The Morgan fingerprint density at radius 1 is 0.604 bits per heavy atom. The smallest absolute Gasteiger partial charge is 0.443 e. The van der Waals surface area contributed by atoms with Crippen LogP contribution in [0.2, 0.25) is 0 Å². The van der Waals surface area contributed by atoms with Gasteiger partial charge in [-0.3, -0.25) is 47.4 Å². The molecule has 0 aliphatic carbocycles. The van der Waals surface area contributed by atoms with Gasteiger partial charge in [-0.2, -0.15) is 17.6 Å². The fraction of sp³-hybridized carbons (Fsp3) is 0.607. The number of aromatic nitrogens is 6. The maximum Gasteiger partial charge on any atom is 0.508 e. The van der Waals surface area contributed by atoms with E-state index in [1.807, 2.05) is 0 Å². The van der Waals surface area contributed by atoms with Gasteiger partial charge in [-0.1, -0.05) is 0 Å². The first-order chi connectivity index (χ1) is 41.8. The van der Waals surface area contributed by atoms with Gasteiger partial charge in [-0.25, -0.2) is 42.3 Å². The van der Waals surface area contributed by atoms with Crippen LogP contribution < -0.4 is 33.7 Å². The van der Waals surface area contributed by atoms with E-state index in [1.165, 1.54) is 26.2 Å². The molecule has 3 aromatic heterocycles. The molecule has 0 amide bonds. The van der Waals surface area contributed by atoms with E-state index in [9.17, 15) is 75.3 Å². The number of non-ortho nitro benzene ring substituents is 1. The van der Waals surface area contributed by atoms with Gasteiger partial charge in [0.15, 0.2) is 0 Å². The molecule has 7 rings (SSSR count). The average Bonchev–Trinajstić information content (AvgIpc) is 1.82. The molecule has 32 nitrogen and oxygen atoms in total. The number of carbonyl (C=O) groups excluding carboxylic acids is 4. The van der Waals surface area contributed by atoms with E-state index in [0.717, 1.165) is 44.2 Å². The normalized spacial score (nSPS) is 21.7. The van der Waals surface area contributed by atoms with Crippen molar-refractivity contribution in [1.82, 2.24) is 27.8 Å². The summed E-state index contributed by atoms with van der Waals surface area (Å²) in [6.07, 6.45) is -12.1. The van der Waals surface area contributed by atoms with Gasteiger partial charge in [0.2, 0.25) is 0 Å². The van der Waals surface area contributed by atoms with Gasteiger partial charge in [0.05, 0.1) is 16.4 Å². The van der Waals surface area contributed by atoms with Crippen molar-refractivity contribution in [3.63, 3.8) is 0 Å². The topological polar surface area (TPSA) is 401 Å². The third kappa shape index (κ3) is 20.1. The fourth-order valence-corrected chi connectivity index (χ4v) is 9.62. The molecule has 504 valence electrons. The maximum atomic E-state index is 14.5. The summed E-state index contributed by atoms with van der Waals surface area (Å²) in [4.78, 5) is 135. The number of nitro groups is 1. The highest BCUT2D eigenvalue weighted by molar-refractivity contribution is 7.86. The molecule has 3 aliphatic rings. The number of benzene rings is 1. The molecular formula is C56H75F2N7O25S. The molecule has 3 aliphatic heterocycles. The summed E-state index contributed by atoms with van der Waals surface area (Å²) in [6, 6.07) is 3.93. The lowest BCUT2D eigenvalue weighted by atomic mass is 10.2. The van der Waals surface area contributed by atoms with E-state index >= 15 is 0 Å². The highest BCUT2D eigenvalue weighted by Gasteiger charge is 2.44. The predicted octanol–water partition coefficient (Wildman–Crippen LogP) is 5.16. The van der Waals surface area contributed by atoms with Crippen LogP contribution in [-0.4, -0.2) is 150 Å². The number of nitrogens with one attached hydrogen (secondary N) is 1. The van der Waals surface area contributed by atoms with E-state index in [1.54, 1.807) is 90.0 Å². The minimum atomic E-state index is -4.55. The van der Waals surface area contributed by atoms with Crippen molar-refractivity contribution in [2.45, 2.75) is 206 Å². The number of aliphatic hydroxyl groups is 1. The van der Waals surface area contributed by atoms with Crippen LogP contribution in [0.15, 0.2) is 76.5 Å². The number of carbonyl (C=O) groups is 4. The number of rotatable bonds is 12. The standard InChI is InChI=1S/C26H33N3O13S.C20H29FN2O8.C10H13FN2O4/c1-15-13-27(22(31)28(21(15)30)23(32)40-25(2,3)4)20-12-18(19(39-20)14-38-24(33)41-26(5,6)7)42-43(36,37)17-10-8-16(9-11-17)29(34)35;1-11-9-22(16(25)23(15(11)24)17(26)30-19(2,3)4)14-8-12(21)13(29-14)10-28-18(27)31-20(5,6)7;1-5-3-13(10(16)12-9(5)15)8-2-6(11)7(4-14)17-8/h8-11,13,18-20H,12,14H2,1-7H3;9,12-14H,8,10H2,1-7H3;3,6-8,14H,2,4H2,1H3,(H,12,15,16)/t18-,19-,20-;12-,13+,14+;6-,7+,8+/m100/s1/i;21-1;11-1. The molecule has 0 bridgehead atoms. The zero-order valence-electron chi connectivity index (χ0n) is 52.6. The number of hydrogen-bond donors (Lipinski definition) is 2. The molecular weight excluding hydrogens is 1240 g/mol. The summed E-state index contributed by atoms with van der Waals surface area (Å²) < 4.78 is 110. The number of alkyl halides is 2. The molecule has 91 heavy (non-hydrogen) atoms. The second-order valence-electron chi connectivity index (χ2n) is 24.9. The third-order valence-electron chi connectivity index (χ3n) is 12.6. The molecule has 2 N–H and O–H groups in total. The van der Waals surface area contributed by atoms with Gasteiger partial charge in [0.1, 0.15) is 91.1 Å². The van der Waals surface area contributed by atoms with Crippen LogP contribution in [0.1, 0.15) is 138 Å². The van der Waals surface area contributed by atoms with Crippen LogP contribution >= 0.6 is 0 Å². The van der Waals surface area contributed by atoms with Crippen molar-refractivity contribution in [2.75, 3.05) is 19.8 Å². The predicted molar refractivity (Wildman–Crippen MR) is 311 cm³/mol. The Bertz CT molecular complexity index is 3830. The Morgan fingerprint density at radius 3 is 1.41 bits per heavy atom. The van der Waals surface area contributed by atoms with Crippen LogP contribution in [0.4, 0.5) is 33.6 Å². The second kappa shape index (κ2) is 28.9. The van der Waals surface area contributed by atoms with Crippen LogP contribution in [0.25, 0.3) is 0 Å². The Kier molecular flexibility index (Phi) is 23.4. The zero-order chi connectivity index (χ0) is 68.8. The fourth-order valence-electron chi connectivity index (χ4n) is 8.51. The lowest BCUT2D eigenvalue weighted by molar-refractivity contribution is -0.384. The van der Waals surface area contributed by atoms with E-state index < -0.39 is 176 Å². The van der Waals surface area contributed by atoms with Crippen molar-refractivity contribution in [3.8, 4) is 0 Å². The van der Waals surface area contributed by atoms with Gasteiger partial charge in [-0.15, -0.1) is 0 Å². The number of H-pyrrole nitrogens is 1. The molecule has 3 saturated heterocycles. The first-order valence-corrected chi connectivity index (χ1v) is 29.4. The third-order valence-corrected chi connectivity index (χ3v) is 13.9. The average molecular weight is 1310 g/mol. The number of ether oxygens (including phenoxy) is 9. The van der Waals surface area contributed by atoms with Crippen molar-refractivity contribution in [3.05, 3.63) is 132 Å². The minimum Gasteiger partial charge on any atom is -0.443 e. The molecule has 0 radical (unpaired) electrons. The summed E-state index contributed by atoms with van der Waals surface area (Å²) >= 11 is 0. The Balaban J connectivity index is 0.000000271. The molecule has 4 aromatic rings. The van der Waals surface area contributed by atoms with Crippen LogP contribution in [-0.2, 0) is 56.9 Å². The largest absolute Gasteiger partial charge is 0.508 e. The molecule has 0 spiro atoms. The zero-order valence-corrected chi connectivity index (χ0v) is 53.4. The Hall–Kier alpha value is -8.25. The number of aliphatic hydroxyl groups excluding tert-OH is 1. The molecule has 0 unspecified atom stereocenters. The van der Waals surface area contributed by atoms with E-state index in [2.05, 4.69) is 4.98 Å². The molecule has 3 fully saturated rings. The minimum absolute atomic E-state index is 0.0172. The van der Waals surface area contributed by atoms with Crippen LogP contribution in [0, 0.1) is 30.9 Å².